The van der Waals surface area contributed by atoms with E-state index >= 15 is 0 Å². The fourth-order valence-electron chi connectivity index (χ4n) is 1.80. The summed E-state index contributed by atoms with van der Waals surface area (Å²) in [4.78, 5) is 35.6. The Morgan fingerprint density at radius 2 is 2.05 bits per heavy atom. The van der Waals surface area contributed by atoms with Crippen LogP contribution in [0.3, 0.4) is 0 Å². The summed E-state index contributed by atoms with van der Waals surface area (Å²) in [5, 5.41) is 3.23. The summed E-state index contributed by atoms with van der Waals surface area (Å²) < 4.78 is 0. The van der Waals surface area contributed by atoms with E-state index in [0.717, 1.165) is 22.2 Å². The number of amides is 3. The molecule has 1 fully saturated rings. The van der Waals surface area contributed by atoms with E-state index in [1.807, 2.05) is 0 Å². The fourth-order valence-corrected chi connectivity index (χ4v) is 2.87. The van der Waals surface area contributed by atoms with Crippen molar-refractivity contribution in [2.24, 2.45) is 0 Å². The van der Waals surface area contributed by atoms with Crippen LogP contribution in [0.15, 0.2) is 18.2 Å². The highest BCUT2D eigenvalue weighted by Gasteiger charge is 2.29. The number of nitrogens with one attached hydrogen (secondary N) is 1. The largest absolute Gasteiger partial charge is 0.354 e. The Bertz CT molecular complexity index is 579. The zero-order valence-corrected chi connectivity index (χ0v) is 13.2. The maximum absolute atomic E-state index is 11.8. The van der Waals surface area contributed by atoms with Crippen LogP contribution in [0, 0.1) is 0 Å². The lowest BCUT2D eigenvalue weighted by atomic mass is 10.1. The first-order valence-electron chi connectivity index (χ1n) is 6.15. The number of thioether (sulfide) groups is 1. The molecule has 0 spiro atoms. The molecule has 1 heterocycles. The molecule has 1 aromatic carbocycles. The van der Waals surface area contributed by atoms with Crippen LogP contribution in [0.2, 0.25) is 10.0 Å². The number of halogens is 2. The van der Waals surface area contributed by atoms with Crippen molar-refractivity contribution in [2.45, 2.75) is 6.42 Å². The Morgan fingerprint density at radius 3 is 2.67 bits per heavy atom. The first-order chi connectivity index (χ1) is 9.97. The molecule has 1 saturated heterocycles. The highest BCUT2D eigenvalue weighted by Crippen LogP contribution is 2.22. The zero-order valence-electron chi connectivity index (χ0n) is 10.9. The Morgan fingerprint density at radius 1 is 1.29 bits per heavy atom. The maximum atomic E-state index is 11.8. The second kappa shape index (κ2) is 7.15. The molecule has 0 unspecified atom stereocenters. The van der Waals surface area contributed by atoms with E-state index in [1.165, 1.54) is 0 Å². The average Bonchev–Trinajstić information content (AvgIpc) is 2.74. The van der Waals surface area contributed by atoms with Gasteiger partial charge in [-0.15, -0.1) is 0 Å². The normalized spacial score (nSPS) is 14.7. The highest BCUT2D eigenvalue weighted by atomic mass is 35.5. The van der Waals surface area contributed by atoms with Crippen molar-refractivity contribution in [1.82, 2.24) is 10.2 Å². The highest BCUT2D eigenvalue weighted by molar-refractivity contribution is 8.14. The summed E-state index contributed by atoms with van der Waals surface area (Å²) in [6.07, 6.45) is 0.160. The maximum Gasteiger partial charge on any atom is 0.288 e. The van der Waals surface area contributed by atoms with Gasteiger partial charge in [-0.05, 0) is 17.7 Å². The Balaban J connectivity index is 1.78. The van der Waals surface area contributed by atoms with Gasteiger partial charge in [-0.2, -0.15) is 0 Å². The first kappa shape index (κ1) is 16.1. The van der Waals surface area contributed by atoms with Gasteiger partial charge in [-0.3, -0.25) is 19.3 Å². The fraction of sp³-hybridized carbons (Fsp3) is 0.308. The zero-order chi connectivity index (χ0) is 15.4. The molecule has 112 valence electrons. The number of hydrogen-bond acceptors (Lipinski definition) is 4. The van der Waals surface area contributed by atoms with Crippen molar-refractivity contribution in [3.05, 3.63) is 33.8 Å². The van der Waals surface area contributed by atoms with Crippen LogP contribution in [-0.4, -0.2) is 40.8 Å². The number of imide groups is 1. The minimum atomic E-state index is -0.265. The molecule has 0 aliphatic carbocycles. The first-order valence-corrected chi connectivity index (χ1v) is 7.89. The van der Waals surface area contributed by atoms with E-state index in [4.69, 9.17) is 23.2 Å². The molecule has 0 bridgehead atoms. The van der Waals surface area contributed by atoms with Gasteiger partial charge in [0.2, 0.25) is 11.8 Å². The van der Waals surface area contributed by atoms with Crippen molar-refractivity contribution in [3.8, 4) is 0 Å². The number of nitrogens with zero attached hydrogens (tertiary/aromatic N) is 1. The lowest BCUT2D eigenvalue weighted by Gasteiger charge is -2.13. The molecule has 1 aliphatic heterocycles. The van der Waals surface area contributed by atoms with Gasteiger partial charge < -0.3 is 5.32 Å². The molecule has 2 rings (SSSR count). The number of carbonyl (C=O) groups is 3. The molecular formula is C13H12Cl2N2O3S. The van der Waals surface area contributed by atoms with E-state index in [0.29, 0.717) is 10.0 Å². The van der Waals surface area contributed by atoms with Crippen LogP contribution in [0.4, 0.5) is 4.79 Å². The summed E-state index contributed by atoms with van der Waals surface area (Å²) in [7, 11) is 0. The van der Waals surface area contributed by atoms with Crippen LogP contribution in [0.1, 0.15) is 5.56 Å². The third-order valence-electron chi connectivity index (χ3n) is 2.85. The van der Waals surface area contributed by atoms with Gasteiger partial charge in [-0.1, -0.05) is 41.0 Å². The second-order valence-electron chi connectivity index (χ2n) is 4.38. The minimum Gasteiger partial charge on any atom is -0.354 e. The number of carbonyl (C=O) groups excluding carboxylic acids is 3. The molecule has 0 saturated carbocycles. The third kappa shape index (κ3) is 4.36. The van der Waals surface area contributed by atoms with Crippen molar-refractivity contribution < 1.29 is 14.4 Å². The predicted octanol–water partition coefficient (Wildman–Crippen LogP) is 2.35. The van der Waals surface area contributed by atoms with Crippen LogP contribution in [0.25, 0.3) is 0 Å². The predicted molar refractivity (Wildman–Crippen MR) is 82.7 cm³/mol. The van der Waals surface area contributed by atoms with Gasteiger partial charge in [0.1, 0.15) is 0 Å². The monoisotopic (exact) mass is 346 g/mol. The lowest BCUT2D eigenvalue weighted by molar-refractivity contribution is -0.125. The lowest BCUT2D eigenvalue weighted by Crippen LogP contribution is -2.37. The third-order valence-corrected chi connectivity index (χ3v) is 4.44. The Hall–Kier alpha value is -1.24. The summed E-state index contributed by atoms with van der Waals surface area (Å²) in [5.74, 6) is -0.250. The smallest absolute Gasteiger partial charge is 0.288 e. The SMILES string of the molecule is O=C(Cc1ccc(Cl)c(Cl)c1)NCCN1C(=O)CSC1=O. The van der Waals surface area contributed by atoms with Gasteiger partial charge in [0.05, 0.1) is 22.2 Å². The molecule has 1 N–H and O–H groups in total. The summed E-state index contributed by atoms with van der Waals surface area (Å²) in [6.45, 7) is 0.427. The van der Waals surface area contributed by atoms with Crippen molar-refractivity contribution in [3.63, 3.8) is 0 Å². The van der Waals surface area contributed by atoms with Crippen molar-refractivity contribution in [1.29, 1.82) is 0 Å². The van der Waals surface area contributed by atoms with Gasteiger partial charge in [0.25, 0.3) is 5.24 Å². The molecule has 0 aromatic heterocycles. The Kier molecular flexibility index (Phi) is 5.50. The van der Waals surface area contributed by atoms with Crippen molar-refractivity contribution >= 4 is 52.0 Å². The molecule has 1 aromatic rings. The van der Waals surface area contributed by atoms with Crippen molar-refractivity contribution in [2.75, 3.05) is 18.8 Å². The van der Waals surface area contributed by atoms with Crippen LogP contribution < -0.4 is 5.32 Å². The van der Waals surface area contributed by atoms with E-state index < -0.39 is 0 Å². The molecule has 3 amide bonds. The van der Waals surface area contributed by atoms with Crippen LogP contribution in [-0.2, 0) is 16.0 Å². The van der Waals surface area contributed by atoms with E-state index in [1.54, 1.807) is 18.2 Å². The quantitative estimate of drug-likeness (QED) is 0.888. The van der Waals surface area contributed by atoms with Crippen LogP contribution in [0.5, 0.6) is 0 Å². The molecule has 0 radical (unpaired) electrons. The average molecular weight is 347 g/mol. The van der Waals surface area contributed by atoms with Gasteiger partial charge in [0, 0.05) is 13.1 Å². The molecule has 8 heteroatoms. The summed E-state index contributed by atoms with van der Waals surface area (Å²) >= 11 is 12.6. The topological polar surface area (TPSA) is 66.5 Å². The van der Waals surface area contributed by atoms with E-state index in [2.05, 4.69) is 5.32 Å². The summed E-state index contributed by atoms with van der Waals surface area (Å²) in [5.41, 5.74) is 0.741. The second-order valence-corrected chi connectivity index (χ2v) is 6.12. The molecule has 5 nitrogen and oxygen atoms in total. The number of hydrogen-bond donors (Lipinski definition) is 1. The van der Waals surface area contributed by atoms with Crippen LogP contribution >= 0.6 is 35.0 Å². The Labute approximate surface area is 136 Å². The van der Waals surface area contributed by atoms with Gasteiger partial charge in [-0.25, -0.2) is 0 Å². The van der Waals surface area contributed by atoms with Gasteiger partial charge in [0.15, 0.2) is 0 Å². The molecule has 21 heavy (non-hydrogen) atoms. The summed E-state index contributed by atoms with van der Waals surface area (Å²) in [6, 6.07) is 4.98. The minimum absolute atomic E-state index is 0.160. The standard InChI is InChI=1S/C13H12Cl2N2O3S/c14-9-2-1-8(5-10(9)15)6-11(18)16-3-4-17-12(19)7-21-13(17)20/h1-2,5H,3-4,6-7H2,(H,16,18). The van der Waals surface area contributed by atoms with E-state index in [-0.39, 0.29) is 42.3 Å². The molecular weight excluding hydrogens is 335 g/mol. The van der Waals surface area contributed by atoms with Gasteiger partial charge >= 0.3 is 0 Å². The molecule has 1 aliphatic rings. The van der Waals surface area contributed by atoms with E-state index in [9.17, 15) is 14.4 Å². The number of rotatable bonds is 5. The molecule has 0 atom stereocenters. The number of benzene rings is 1.